The van der Waals surface area contributed by atoms with E-state index in [9.17, 15) is 0 Å². The predicted octanol–water partition coefficient (Wildman–Crippen LogP) is 2.77. The molecular weight excluding hydrogens is 196 g/mol. The molecule has 0 aromatic rings. The number of fused-ring (bicyclic) bond motifs is 1. The maximum atomic E-state index is 5.51. The van der Waals surface area contributed by atoms with Gasteiger partial charge < -0.3 is 10.6 Å². The molecule has 2 unspecified atom stereocenters. The molecule has 2 atom stereocenters. The molecule has 0 radical (unpaired) electrons. The van der Waals surface area contributed by atoms with Crippen LogP contribution >= 0.6 is 0 Å². The molecule has 2 aliphatic rings. The van der Waals surface area contributed by atoms with Crippen LogP contribution < -0.4 is 5.73 Å². The fraction of sp³-hybridized carbons (Fsp3) is 1.00. The Hall–Kier alpha value is -0.0800. The molecule has 2 heteroatoms. The van der Waals surface area contributed by atoms with E-state index in [2.05, 4.69) is 4.90 Å². The van der Waals surface area contributed by atoms with E-state index in [0.717, 1.165) is 18.5 Å². The Bertz CT molecular complexity index is 193. The number of unbranched alkanes of at least 4 members (excludes halogenated alkanes) is 3. The fourth-order valence-corrected chi connectivity index (χ4v) is 3.65. The minimum absolute atomic E-state index is 0.869. The first-order valence-corrected chi connectivity index (χ1v) is 7.36. The molecule has 0 bridgehead atoms. The van der Waals surface area contributed by atoms with Crippen molar-refractivity contribution in [2.75, 3.05) is 19.6 Å². The highest BCUT2D eigenvalue weighted by Crippen LogP contribution is 2.36. The molecule has 1 aliphatic heterocycles. The first-order valence-electron chi connectivity index (χ1n) is 7.36. The van der Waals surface area contributed by atoms with Gasteiger partial charge in [-0.25, -0.2) is 0 Å². The molecule has 0 spiro atoms. The third-order valence-electron chi connectivity index (χ3n) is 4.51. The van der Waals surface area contributed by atoms with Crippen molar-refractivity contribution in [1.29, 1.82) is 0 Å². The normalized spacial score (nSPS) is 30.6. The zero-order valence-electron chi connectivity index (χ0n) is 10.7. The molecular formula is C14H28N2. The third kappa shape index (κ3) is 3.21. The molecule has 1 aliphatic carbocycles. The highest BCUT2D eigenvalue weighted by molar-refractivity contribution is 4.88. The Morgan fingerprint density at radius 1 is 0.938 bits per heavy atom. The quantitative estimate of drug-likeness (QED) is 0.703. The number of piperidine rings is 1. The lowest BCUT2D eigenvalue weighted by Gasteiger charge is -2.37. The number of hydrogen-bond donors (Lipinski definition) is 1. The number of likely N-dealkylation sites (tertiary alicyclic amines) is 1. The lowest BCUT2D eigenvalue weighted by molar-refractivity contribution is 0.111. The first kappa shape index (κ1) is 12.4. The zero-order chi connectivity index (χ0) is 11.2. The van der Waals surface area contributed by atoms with Crippen LogP contribution in [0.25, 0.3) is 0 Å². The van der Waals surface area contributed by atoms with Gasteiger partial charge in [-0.15, -0.1) is 0 Å². The van der Waals surface area contributed by atoms with Crippen molar-refractivity contribution < 1.29 is 0 Å². The van der Waals surface area contributed by atoms with Gasteiger partial charge in [0.25, 0.3) is 0 Å². The van der Waals surface area contributed by atoms with Gasteiger partial charge in [0, 0.05) is 6.04 Å². The lowest BCUT2D eigenvalue weighted by atomic mass is 9.92. The molecule has 2 N–H and O–H groups in total. The second-order valence-corrected chi connectivity index (χ2v) is 5.64. The summed E-state index contributed by atoms with van der Waals surface area (Å²) in [6, 6.07) is 0.961. The first-order chi connectivity index (χ1) is 7.92. The molecule has 1 saturated carbocycles. The molecule has 0 amide bonds. The van der Waals surface area contributed by atoms with E-state index in [0.29, 0.717) is 0 Å². The van der Waals surface area contributed by atoms with E-state index in [1.54, 1.807) is 0 Å². The van der Waals surface area contributed by atoms with Gasteiger partial charge in [-0.1, -0.05) is 19.3 Å². The minimum atomic E-state index is 0.869. The maximum Gasteiger partial charge on any atom is 0.0123 e. The highest BCUT2D eigenvalue weighted by atomic mass is 15.2. The molecule has 2 fully saturated rings. The molecule has 0 aromatic carbocycles. The van der Waals surface area contributed by atoms with Crippen molar-refractivity contribution in [2.45, 2.75) is 63.8 Å². The summed E-state index contributed by atoms with van der Waals surface area (Å²) < 4.78 is 0. The van der Waals surface area contributed by atoms with Gasteiger partial charge in [0.15, 0.2) is 0 Å². The minimum Gasteiger partial charge on any atom is -0.330 e. The molecule has 0 aromatic heterocycles. The van der Waals surface area contributed by atoms with Crippen LogP contribution in [0.15, 0.2) is 0 Å². The number of hydrogen-bond acceptors (Lipinski definition) is 2. The largest absolute Gasteiger partial charge is 0.330 e. The summed E-state index contributed by atoms with van der Waals surface area (Å²) in [5, 5.41) is 0. The Kier molecular flexibility index (Phi) is 5.11. The maximum absolute atomic E-state index is 5.51. The van der Waals surface area contributed by atoms with E-state index in [-0.39, 0.29) is 0 Å². The van der Waals surface area contributed by atoms with Gasteiger partial charge in [-0.3, -0.25) is 0 Å². The van der Waals surface area contributed by atoms with Crippen LogP contribution in [0.2, 0.25) is 0 Å². The summed E-state index contributed by atoms with van der Waals surface area (Å²) in [5.41, 5.74) is 5.51. The third-order valence-corrected chi connectivity index (χ3v) is 4.51. The summed E-state index contributed by atoms with van der Waals surface area (Å²) in [5.74, 6) is 1.05. The molecule has 94 valence electrons. The Morgan fingerprint density at radius 2 is 1.75 bits per heavy atom. The summed E-state index contributed by atoms with van der Waals surface area (Å²) in [6.45, 7) is 3.60. The molecule has 16 heavy (non-hydrogen) atoms. The van der Waals surface area contributed by atoms with E-state index in [1.807, 2.05) is 0 Å². The summed E-state index contributed by atoms with van der Waals surface area (Å²) >= 11 is 0. The van der Waals surface area contributed by atoms with Crippen molar-refractivity contribution in [3.05, 3.63) is 0 Å². The van der Waals surface area contributed by atoms with Gasteiger partial charge in [0.05, 0.1) is 0 Å². The van der Waals surface area contributed by atoms with Crippen molar-refractivity contribution in [2.24, 2.45) is 11.7 Å². The SMILES string of the molecule is NCCCCCCN1CCCC2CCCC21. The topological polar surface area (TPSA) is 29.3 Å². The summed E-state index contributed by atoms with van der Waals surface area (Å²) in [4.78, 5) is 2.80. The number of nitrogens with zero attached hydrogens (tertiary/aromatic N) is 1. The van der Waals surface area contributed by atoms with Crippen molar-refractivity contribution >= 4 is 0 Å². The van der Waals surface area contributed by atoms with Crippen LogP contribution in [0.1, 0.15) is 57.8 Å². The van der Waals surface area contributed by atoms with Crippen LogP contribution in [0, 0.1) is 5.92 Å². The Labute approximate surface area is 101 Å². The van der Waals surface area contributed by atoms with Gasteiger partial charge in [-0.05, 0) is 64.1 Å². The molecule has 1 saturated heterocycles. The van der Waals surface area contributed by atoms with Crippen molar-refractivity contribution in [3.63, 3.8) is 0 Å². The average molecular weight is 224 g/mol. The van der Waals surface area contributed by atoms with E-state index in [1.165, 1.54) is 70.9 Å². The van der Waals surface area contributed by atoms with E-state index < -0.39 is 0 Å². The van der Waals surface area contributed by atoms with Crippen LogP contribution in [0.5, 0.6) is 0 Å². The van der Waals surface area contributed by atoms with Crippen LogP contribution in [0.4, 0.5) is 0 Å². The Morgan fingerprint density at radius 3 is 2.62 bits per heavy atom. The smallest absolute Gasteiger partial charge is 0.0123 e. The fourth-order valence-electron chi connectivity index (χ4n) is 3.65. The lowest BCUT2D eigenvalue weighted by Crippen LogP contribution is -2.42. The van der Waals surface area contributed by atoms with Crippen molar-refractivity contribution in [1.82, 2.24) is 4.90 Å². The standard InChI is InChI=1S/C14H28N2/c15-10-3-1-2-4-11-16-12-6-8-13-7-5-9-14(13)16/h13-14H,1-12,15H2. The molecule has 2 nitrogen and oxygen atoms in total. The Balaban J connectivity index is 1.64. The average Bonchev–Trinajstić information content (AvgIpc) is 2.77. The van der Waals surface area contributed by atoms with Crippen LogP contribution in [0.3, 0.4) is 0 Å². The molecule has 1 heterocycles. The van der Waals surface area contributed by atoms with Gasteiger partial charge in [-0.2, -0.15) is 0 Å². The highest BCUT2D eigenvalue weighted by Gasteiger charge is 2.34. The predicted molar refractivity (Wildman–Crippen MR) is 69.5 cm³/mol. The summed E-state index contributed by atoms with van der Waals surface area (Å²) in [7, 11) is 0. The number of rotatable bonds is 6. The van der Waals surface area contributed by atoms with Gasteiger partial charge in [0.2, 0.25) is 0 Å². The second kappa shape index (κ2) is 6.61. The second-order valence-electron chi connectivity index (χ2n) is 5.64. The molecule has 2 rings (SSSR count). The zero-order valence-corrected chi connectivity index (χ0v) is 10.7. The van der Waals surface area contributed by atoms with Crippen LogP contribution in [-0.2, 0) is 0 Å². The van der Waals surface area contributed by atoms with Gasteiger partial charge >= 0.3 is 0 Å². The van der Waals surface area contributed by atoms with Gasteiger partial charge in [0.1, 0.15) is 0 Å². The van der Waals surface area contributed by atoms with E-state index >= 15 is 0 Å². The number of nitrogens with two attached hydrogens (primary N) is 1. The van der Waals surface area contributed by atoms with E-state index in [4.69, 9.17) is 5.73 Å². The monoisotopic (exact) mass is 224 g/mol. The van der Waals surface area contributed by atoms with Crippen LogP contribution in [-0.4, -0.2) is 30.6 Å². The summed E-state index contributed by atoms with van der Waals surface area (Å²) in [6.07, 6.45) is 12.7. The van der Waals surface area contributed by atoms with Crippen molar-refractivity contribution in [3.8, 4) is 0 Å².